The summed E-state index contributed by atoms with van der Waals surface area (Å²) in [6.07, 6.45) is 2.11. The van der Waals surface area contributed by atoms with Crippen LogP contribution in [0.3, 0.4) is 0 Å². The zero-order valence-corrected chi connectivity index (χ0v) is 12.0. The summed E-state index contributed by atoms with van der Waals surface area (Å²) in [5.74, 6) is 0.395. The van der Waals surface area contributed by atoms with E-state index in [0.29, 0.717) is 11.6 Å². The molecule has 18 heavy (non-hydrogen) atoms. The van der Waals surface area contributed by atoms with Crippen LogP contribution in [0.1, 0.15) is 26.7 Å². The van der Waals surface area contributed by atoms with Gasteiger partial charge in [-0.05, 0) is 50.8 Å². The third-order valence-corrected chi connectivity index (χ3v) is 5.39. The topological polar surface area (TPSA) is 72.2 Å². The standard InChI is InChI=1S/C12H17ClN2O2S/c1-12(2,8-3-4-8)15-18(16,17)11-7-9(14)5-6-10(11)13/h5-8,15H,3-4,14H2,1-2H3. The van der Waals surface area contributed by atoms with Crippen molar-refractivity contribution in [1.82, 2.24) is 4.72 Å². The molecule has 0 atom stereocenters. The summed E-state index contributed by atoms with van der Waals surface area (Å²) < 4.78 is 27.3. The highest BCUT2D eigenvalue weighted by Gasteiger charge is 2.40. The highest BCUT2D eigenvalue weighted by Crippen LogP contribution is 2.40. The molecule has 0 unspecified atom stereocenters. The Kier molecular flexibility index (Phi) is 3.34. The van der Waals surface area contributed by atoms with E-state index in [1.807, 2.05) is 13.8 Å². The summed E-state index contributed by atoms with van der Waals surface area (Å²) in [6.45, 7) is 3.78. The van der Waals surface area contributed by atoms with Gasteiger partial charge in [-0.2, -0.15) is 0 Å². The first-order valence-electron chi connectivity index (χ1n) is 5.81. The summed E-state index contributed by atoms with van der Waals surface area (Å²) >= 11 is 5.93. The third kappa shape index (κ3) is 2.79. The molecule has 1 aromatic rings. The maximum atomic E-state index is 12.3. The first-order chi connectivity index (χ1) is 8.22. The summed E-state index contributed by atoms with van der Waals surface area (Å²) in [4.78, 5) is 0.0397. The number of halogens is 1. The van der Waals surface area contributed by atoms with Crippen LogP contribution < -0.4 is 10.5 Å². The van der Waals surface area contributed by atoms with Crippen molar-refractivity contribution in [2.24, 2.45) is 5.92 Å². The molecule has 0 aliphatic heterocycles. The molecule has 1 fully saturated rings. The molecule has 0 saturated heterocycles. The van der Waals surface area contributed by atoms with Crippen molar-refractivity contribution in [3.63, 3.8) is 0 Å². The van der Waals surface area contributed by atoms with Crippen LogP contribution in [0, 0.1) is 5.92 Å². The van der Waals surface area contributed by atoms with E-state index in [4.69, 9.17) is 17.3 Å². The molecule has 3 N–H and O–H groups in total. The Bertz CT molecular complexity index is 565. The molecule has 1 aromatic carbocycles. The number of hydrogen-bond donors (Lipinski definition) is 2. The predicted octanol–water partition coefficient (Wildman–Crippen LogP) is 2.39. The molecule has 6 heteroatoms. The average molecular weight is 289 g/mol. The minimum atomic E-state index is -3.64. The van der Waals surface area contributed by atoms with Crippen LogP contribution >= 0.6 is 11.6 Å². The quantitative estimate of drug-likeness (QED) is 0.836. The molecule has 0 bridgehead atoms. The minimum Gasteiger partial charge on any atom is -0.399 e. The third-order valence-electron chi connectivity index (χ3n) is 3.24. The second-order valence-corrected chi connectivity index (χ2v) is 7.35. The van der Waals surface area contributed by atoms with Gasteiger partial charge in [-0.15, -0.1) is 0 Å². The van der Waals surface area contributed by atoms with Gasteiger partial charge < -0.3 is 5.73 Å². The van der Waals surface area contributed by atoms with Crippen molar-refractivity contribution in [3.05, 3.63) is 23.2 Å². The lowest BCUT2D eigenvalue weighted by Gasteiger charge is -2.26. The van der Waals surface area contributed by atoms with Crippen molar-refractivity contribution in [2.45, 2.75) is 37.1 Å². The second kappa shape index (κ2) is 4.40. The molecular weight excluding hydrogens is 272 g/mol. The van der Waals surface area contributed by atoms with Gasteiger partial charge in [0.15, 0.2) is 0 Å². The van der Waals surface area contributed by atoms with Crippen LogP contribution in [0.4, 0.5) is 5.69 Å². The van der Waals surface area contributed by atoms with Crippen LogP contribution in [-0.2, 0) is 10.0 Å². The summed E-state index contributed by atoms with van der Waals surface area (Å²) in [5, 5.41) is 0.184. The van der Waals surface area contributed by atoms with Crippen molar-refractivity contribution in [1.29, 1.82) is 0 Å². The van der Waals surface area contributed by atoms with Crippen LogP contribution in [0.15, 0.2) is 23.1 Å². The van der Waals surface area contributed by atoms with Crippen LogP contribution in [0.2, 0.25) is 5.02 Å². The average Bonchev–Trinajstić information content (AvgIpc) is 3.03. The van der Waals surface area contributed by atoms with Crippen LogP contribution in [0.5, 0.6) is 0 Å². The van der Waals surface area contributed by atoms with Gasteiger partial charge in [-0.25, -0.2) is 13.1 Å². The Labute approximate surface area is 113 Å². The Balaban J connectivity index is 2.33. The van der Waals surface area contributed by atoms with Crippen molar-refractivity contribution in [2.75, 3.05) is 5.73 Å². The summed E-state index contributed by atoms with van der Waals surface area (Å²) in [7, 11) is -3.64. The number of benzene rings is 1. The van der Waals surface area contributed by atoms with E-state index in [1.54, 1.807) is 6.07 Å². The first kappa shape index (κ1) is 13.6. The second-order valence-electron chi connectivity index (χ2n) is 5.29. The van der Waals surface area contributed by atoms with Gasteiger partial charge in [0.2, 0.25) is 10.0 Å². The van der Waals surface area contributed by atoms with E-state index in [0.717, 1.165) is 12.8 Å². The molecule has 0 amide bonds. The normalized spacial score (nSPS) is 16.8. The summed E-state index contributed by atoms with van der Waals surface area (Å²) in [5.41, 5.74) is 5.54. The lowest BCUT2D eigenvalue weighted by atomic mass is 10.0. The molecule has 4 nitrogen and oxygen atoms in total. The van der Waals surface area contributed by atoms with Gasteiger partial charge >= 0.3 is 0 Å². The lowest BCUT2D eigenvalue weighted by Crippen LogP contribution is -2.45. The maximum Gasteiger partial charge on any atom is 0.242 e. The van der Waals surface area contributed by atoms with E-state index in [2.05, 4.69) is 4.72 Å². The van der Waals surface area contributed by atoms with Crippen molar-refractivity contribution >= 4 is 27.3 Å². The van der Waals surface area contributed by atoms with Crippen molar-refractivity contribution in [3.8, 4) is 0 Å². The fourth-order valence-corrected chi connectivity index (χ4v) is 4.02. The molecular formula is C12H17ClN2O2S. The molecule has 1 saturated carbocycles. The van der Waals surface area contributed by atoms with E-state index in [-0.39, 0.29) is 9.92 Å². The van der Waals surface area contributed by atoms with E-state index >= 15 is 0 Å². The number of nitrogens with one attached hydrogen (secondary N) is 1. The predicted molar refractivity (Wildman–Crippen MR) is 73.0 cm³/mol. The zero-order valence-electron chi connectivity index (χ0n) is 10.4. The summed E-state index contributed by atoms with van der Waals surface area (Å²) in [6, 6.07) is 4.45. The molecule has 100 valence electrons. The Morgan fingerprint density at radius 3 is 2.56 bits per heavy atom. The molecule has 0 aromatic heterocycles. The number of sulfonamides is 1. The van der Waals surface area contributed by atoms with E-state index in [9.17, 15) is 8.42 Å². The van der Waals surface area contributed by atoms with E-state index in [1.165, 1.54) is 12.1 Å². The number of hydrogen-bond acceptors (Lipinski definition) is 3. The van der Waals surface area contributed by atoms with E-state index < -0.39 is 15.6 Å². The van der Waals surface area contributed by atoms with Gasteiger partial charge in [0.1, 0.15) is 4.90 Å². The molecule has 0 heterocycles. The highest BCUT2D eigenvalue weighted by atomic mass is 35.5. The van der Waals surface area contributed by atoms with Gasteiger partial charge in [0, 0.05) is 11.2 Å². The zero-order chi connectivity index (χ0) is 13.6. The lowest BCUT2D eigenvalue weighted by molar-refractivity contribution is 0.400. The largest absolute Gasteiger partial charge is 0.399 e. The fourth-order valence-electron chi connectivity index (χ4n) is 2.02. The molecule has 1 aliphatic rings. The first-order valence-corrected chi connectivity index (χ1v) is 7.67. The number of anilines is 1. The Hall–Kier alpha value is -0.780. The van der Waals surface area contributed by atoms with Gasteiger partial charge in [-0.3, -0.25) is 0 Å². The Morgan fingerprint density at radius 2 is 2.00 bits per heavy atom. The molecule has 1 aliphatic carbocycles. The fraction of sp³-hybridized carbons (Fsp3) is 0.500. The van der Waals surface area contributed by atoms with Crippen LogP contribution in [-0.4, -0.2) is 14.0 Å². The highest BCUT2D eigenvalue weighted by molar-refractivity contribution is 7.89. The smallest absolute Gasteiger partial charge is 0.242 e. The number of nitrogen functional groups attached to an aromatic ring is 1. The van der Waals surface area contributed by atoms with Crippen LogP contribution in [0.25, 0.3) is 0 Å². The minimum absolute atomic E-state index is 0.0397. The van der Waals surface area contributed by atoms with Gasteiger partial charge in [0.05, 0.1) is 5.02 Å². The maximum absolute atomic E-state index is 12.3. The molecule has 2 rings (SSSR count). The molecule has 0 spiro atoms. The monoisotopic (exact) mass is 288 g/mol. The van der Waals surface area contributed by atoms with Crippen molar-refractivity contribution < 1.29 is 8.42 Å². The number of rotatable bonds is 4. The Morgan fingerprint density at radius 1 is 1.39 bits per heavy atom. The molecule has 0 radical (unpaired) electrons. The number of nitrogens with two attached hydrogens (primary N) is 1. The van der Waals surface area contributed by atoms with Gasteiger partial charge in [0.25, 0.3) is 0 Å². The SMILES string of the molecule is CC(C)(NS(=O)(=O)c1cc(N)ccc1Cl)C1CC1. The van der Waals surface area contributed by atoms with Gasteiger partial charge in [-0.1, -0.05) is 11.6 Å².